The van der Waals surface area contributed by atoms with Crippen molar-refractivity contribution in [1.82, 2.24) is 0 Å². The van der Waals surface area contributed by atoms with Crippen LogP contribution in [0.4, 0.5) is 11.4 Å². The van der Waals surface area contributed by atoms with Gasteiger partial charge in [-0.1, -0.05) is 44.9 Å². The van der Waals surface area contributed by atoms with E-state index in [0.29, 0.717) is 17.5 Å². The summed E-state index contributed by atoms with van der Waals surface area (Å²) in [4.78, 5) is 0. The van der Waals surface area contributed by atoms with Gasteiger partial charge in [0.2, 0.25) is 0 Å². The molecule has 3 heteroatoms. The standard InChI is InChI=1S/C18H30N2O/c19-15-12-13-18(17(20)14-15)21-16-10-8-6-4-2-1-3-5-7-9-11-16/h12-14,16H,1-11,19-20H2. The zero-order valence-corrected chi connectivity index (χ0v) is 13.2. The first-order valence-corrected chi connectivity index (χ1v) is 8.57. The van der Waals surface area contributed by atoms with Crippen LogP contribution in [0.1, 0.15) is 70.6 Å². The van der Waals surface area contributed by atoms with E-state index in [4.69, 9.17) is 16.2 Å². The minimum absolute atomic E-state index is 0.301. The number of hydrogen-bond donors (Lipinski definition) is 2. The summed E-state index contributed by atoms with van der Waals surface area (Å²) >= 11 is 0. The molecular weight excluding hydrogens is 260 g/mol. The Labute approximate surface area is 129 Å². The molecule has 1 aromatic carbocycles. The lowest BCUT2D eigenvalue weighted by Crippen LogP contribution is -2.17. The van der Waals surface area contributed by atoms with Gasteiger partial charge in [0.1, 0.15) is 5.75 Å². The Kier molecular flexibility index (Phi) is 6.71. The lowest BCUT2D eigenvalue weighted by atomic mass is 9.99. The Morgan fingerprint density at radius 1 is 0.762 bits per heavy atom. The molecule has 21 heavy (non-hydrogen) atoms. The second-order valence-corrected chi connectivity index (χ2v) is 6.30. The number of benzene rings is 1. The molecule has 0 saturated heterocycles. The predicted molar refractivity (Wildman–Crippen MR) is 90.5 cm³/mol. The highest BCUT2D eigenvalue weighted by Gasteiger charge is 2.13. The van der Waals surface area contributed by atoms with E-state index in [1.165, 1.54) is 57.8 Å². The molecule has 0 bridgehead atoms. The molecule has 2 rings (SSSR count). The summed E-state index contributed by atoms with van der Waals surface area (Å²) in [6, 6.07) is 5.55. The fraction of sp³-hybridized carbons (Fsp3) is 0.667. The molecule has 4 N–H and O–H groups in total. The highest BCUT2D eigenvalue weighted by atomic mass is 16.5. The highest BCUT2D eigenvalue weighted by Crippen LogP contribution is 2.27. The molecule has 1 fully saturated rings. The fourth-order valence-corrected chi connectivity index (χ4v) is 3.10. The number of hydrogen-bond acceptors (Lipinski definition) is 3. The maximum absolute atomic E-state index is 6.16. The van der Waals surface area contributed by atoms with E-state index in [0.717, 1.165) is 18.6 Å². The minimum Gasteiger partial charge on any atom is -0.488 e. The van der Waals surface area contributed by atoms with Crippen LogP contribution in [0.25, 0.3) is 0 Å². The average molecular weight is 290 g/mol. The molecule has 0 spiro atoms. The van der Waals surface area contributed by atoms with Crippen molar-refractivity contribution < 1.29 is 4.74 Å². The summed E-state index contributed by atoms with van der Waals surface area (Å²) < 4.78 is 6.16. The van der Waals surface area contributed by atoms with E-state index >= 15 is 0 Å². The summed E-state index contributed by atoms with van der Waals surface area (Å²) in [6.07, 6.45) is 14.7. The number of nitrogens with two attached hydrogens (primary N) is 2. The van der Waals surface area contributed by atoms with Crippen LogP contribution in [-0.4, -0.2) is 6.10 Å². The SMILES string of the molecule is Nc1ccc(OC2CCCCCCCCCCC2)c(N)c1. The Morgan fingerprint density at radius 2 is 1.29 bits per heavy atom. The van der Waals surface area contributed by atoms with Crippen LogP contribution >= 0.6 is 0 Å². The second-order valence-electron chi connectivity index (χ2n) is 6.30. The van der Waals surface area contributed by atoms with Crippen LogP contribution < -0.4 is 16.2 Å². The van der Waals surface area contributed by atoms with Gasteiger partial charge in [-0.15, -0.1) is 0 Å². The summed E-state index contributed by atoms with van der Waals surface area (Å²) in [5.41, 5.74) is 13.1. The monoisotopic (exact) mass is 290 g/mol. The molecular formula is C18H30N2O. The lowest BCUT2D eigenvalue weighted by Gasteiger charge is -2.21. The first kappa shape index (κ1) is 16.0. The van der Waals surface area contributed by atoms with Gasteiger partial charge in [-0.25, -0.2) is 0 Å². The van der Waals surface area contributed by atoms with Crippen LogP contribution in [0.15, 0.2) is 18.2 Å². The van der Waals surface area contributed by atoms with Crippen molar-refractivity contribution in [3.05, 3.63) is 18.2 Å². The van der Waals surface area contributed by atoms with Crippen molar-refractivity contribution in [3.63, 3.8) is 0 Å². The molecule has 3 nitrogen and oxygen atoms in total. The van der Waals surface area contributed by atoms with Gasteiger partial charge in [0.05, 0.1) is 11.8 Å². The van der Waals surface area contributed by atoms with Crippen LogP contribution in [0.5, 0.6) is 5.75 Å². The molecule has 0 atom stereocenters. The van der Waals surface area contributed by atoms with Gasteiger partial charge in [0.25, 0.3) is 0 Å². The van der Waals surface area contributed by atoms with Crippen molar-refractivity contribution in [3.8, 4) is 5.75 Å². The molecule has 118 valence electrons. The van der Waals surface area contributed by atoms with Crippen molar-refractivity contribution in [2.45, 2.75) is 76.7 Å². The molecule has 0 aromatic heterocycles. The van der Waals surface area contributed by atoms with Gasteiger partial charge in [0, 0.05) is 5.69 Å². The van der Waals surface area contributed by atoms with Gasteiger partial charge in [-0.05, 0) is 43.9 Å². The quantitative estimate of drug-likeness (QED) is 0.761. The lowest BCUT2D eigenvalue weighted by molar-refractivity contribution is 0.173. The number of rotatable bonds is 2. The largest absolute Gasteiger partial charge is 0.488 e. The van der Waals surface area contributed by atoms with E-state index in [1.54, 1.807) is 6.07 Å². The second kappa shape index (κ2) is 8.81. The van der Waals surface area contributed by atoms with Gasteiger partial charge in [0.15, 0.2) is 0 Å². The first-order valence-electron chi connectivity index (χ1n) is 8.57. The Morgan fingerprint density at radius 3 is 1.81 bits per heavy atom. The van der Waals surface area contributed by atoms with Crippen LogP contribution in [0.3, 0.4) is 0 Å². The fourth-order valence-electron chi connectivity index (χ4n) is 3.10. The van der Waals surface area contributed by atoms with Gasteiger partial charge >= 0.3 is 0 Å². The van der Waals surface area contributed by atoms with Crippen molar-refractivity contribution in [1.29, 1.82) is 0 Å². The molecule has 1 aliphatic carbocycles. The molecule has 1 aromatic rings. The van der Waals surface area contributed by atoms with E-state index in [9.17, 15) is 0 Å². The summed E-state index contributed by atoms with van der Waals surface area (Å²) in [6.45, 7) is 0. The third kappa shape index (κ3) is 5.86. The van der Waals surface area contributed by atoms with E-state index in [-0.39, 0.29) is 0 Å². The summed E-state index contributed by atoms with van der Waals surface area (Å²) in [5, 5.41) is 0. The van der Waals surface area contributed by atoms with E-state index in [2.05, 4.69) is 0 Å². The third-order valence-electron chi connectivity index (χ3n) is 4.38. The number of ether oxygens (including phenoxy) is 1. The van der Waals surface area contributed by atoms with Gasteiger partial charge in [-0.2, -0.15) is 0 Å². The van der Waals surface area contributed by atoms with Crippen LogP contribution in [-0.2, 0) is 0 Å². The van der Waals surface area contributed by atoms with Crippen molar-refractivity contribution in [2.24, 2.45) is 0 Å². The predicted octanol–water partition coefficient (Wildman–Crippen LogP) is 4.90. The topological polar surface area (TPSA) is 61.3 Å². The normalized spacial score (nSPS) is 19.4. The smallest absolute Gasteiger partial charge is 0.142 e. The highest BCUT2D eigenvalue weighted by molar-refractivity contribution is 5.60. The maximum atomic E-state index is 6.16. The van der Waals surface area contributed by atoms with Crippen LogP contribution in [0, 0.1) is 0 Å². The minimum atomic E-state index is 0.301. The van der Waals surface area contributed by atoms with Gasteiger partial charge in [-0.3, -0.25) is 0 Å². The molecule has 0 unspecified atom stereocenters. The Bertz CT molecular complexity index is 408. The third-order valence-corrected chi connectivity index (χ3v) is 4.38. The molecule has 1 saturated carbocycles. The van der Waals surface area contributed by atoms with Crippen molar-refractivity contribution >= 4 is 11.4 Å². The number of anilines is 2. The Balaban J connectivity index is 1.90. The molecule has 0 heterocycles. The molecule has 0 amide bonds. The maximum Gasteiger partial charge on any atom is 0.142 e. The zero-order chi connectivity index (χ0) is 14.9. The molecule has 0 radical (unpaired) electrons. The first-order chi connectivity index (χ1) is 10.3. The molecule has 1 aliphatic rings. The zero-order valence-electron chi connectivity index (χ0n) is 13.2. The number of nitrogen functional groups attached to an aromatic ring is 2. The summed E-state index contributed by atoms with van der Waals surface area (Å²) in [5.74, 6) is 0.793. The van der Waals surface area contributed by atoms with E-state index < -0.39 is 0 Å². The van der Waals surface area contributed by atoms with Gasteiger partial charge < -0.3 is 16.2 Å². The van der Waals surface area contributed by atoms with Crippen molar-refractivity contribution in [2.75, 3.05) is 11.5 Å². The van der Waals surface area contributed by atoms with E-state index in [1.807, 2.05) is 12.1 Å². The van der Waals surface area contributed by atoms with Crippen LogP contribution in [0.2, 0.25) is 0 Å². The average Bonchev–Trinajstić information content (AvgIpc) is 2.44. The molecule has 0 aliphatic heterocycles. The Hall–Kier alpha value is -1.38. The summed E-state index contributed by atoms with van der Waals surface area (Å²) in [7, 11) is 0.